The normalized spacial score (nSPS) is 11.0. The molecule has 1 heterocycles. The van der Waals surface area contributed by atoms with Gasteiger partial charge in [-0.2, -0.15) is 0 Å². The second-order valence-electron chi connectivity index (χ2n) is 2.98. The number of terminal acetylenes is 1. The van der Waals surface area contributed by atoms with Gasteiger partial charge in [0.25, 0.3) is 0 Å². The number of aliphatic imine (C=N–C) groups is 1. The van der Waals surface area contributed by atoms with Gasteiger partial charge in [0, 0.05) is 17.8 Å². The smallest absolute Gasteiger partial charge is 0.188 e. The van der Waals surface area contributed by atoms with Crippen LogP contribution in [0.5, 0.6) is 0 Å². The van der Waals surface area contributed by atoms with E-state index in [0.717, 1.165) is 13.0 Å². The van der Waals surface area contributed by atoms with E-state index in [4.69, 9.17) is 12.2 Å². The van der Waals surface area contributed by atoms with E-state index in [2.05, 4.69) is 27.7 Å². The van der Waals surface area contributed by atoms with Crippen molar-refractivity contribution in [2.75, 3.05) is 13.1 Å². The Labute approximate surface area is 94.4 Å². The summed E-state index contributed by atoms with van der Waals surface area (Å²) in [6, 6.07) is 4.16. The summed E-state index contributed by atoms with van der Waals surface area (Å²) in [5.74, 6) is 2.99. The van der Waals surface area contributed by atoms with Crippen LogP contribution in [0.4, 0.5) is 0 Å². The van der Waals surface area contributed by atoms with Gasteiger partial charge in [0.2, 0.25) is 0 Å². The number of rotatable bonds is 5. The largest absolute Gasteiger partial charge is 0.370 e. The van der Waals surface area contributed by atoms with Crippen molar-refractivity contribution < 1.29 is 0 Å². The molecule has 0 aromatic carbocycles. The number of nitrogens with two attached hydrogens (primary N) is 1. The molecule has 3 N–H and O–H groups in total. The molecular formula is C11H15N3S. The van der Waals surface area contributed by atoms with E-state index in [1.165, 1.54) is 4.88 Å². The maximum Gasteiger partial charge on any atom is 0.188 e. The minimum atomic E-state index is 0.474. The van der Waals surface area contributed by atoms with Gasteiger partial charge >= 0.3 is 0 Å². The lowest BCUT2D eigenvalue weighted by Gasteiger charge is -2.03. The Morgan fingerprint density at radius 3 is 3.20 bits per heavy atom. The van der Waals surface area contributed by atoms with E-state index in [-0.39, 0.29) is 0 Å². The van der Waals surface area contributed by atoms with Crippen LogP contribution in [0.1, 0.15) is 11.3 Å². The Balaban J connectivity index is 2.14. The molecule has 0 saturated heterocycles. The van der Waals surface area contributed by atoms with E-state index in [1.54, 1.807) is 11.3 Å². The Morgan fingerprint density at radius 2 is 2.53 bits per heavy atom. The second kappa shape index (κ2) is 6.91. The second-order valence-corrected chi connectivity index (χ2v) is 4.01. The van der Waals surface area contributed by atoms with Gasteiger partial charge in [-0.25, -0.2) is 0 Å². The van der Waals surface area contributed by atoms with Crippen molar-refractivity contribution in [1.82, 2.24) is 5.32 Å². The summed E-state index contributed by atoms with van der Waals surface area (Å²) in [5.41, 5.74) is 5.63. The molecule has 0 amide bonds. The fourth-order valence-corrected chi connectivity index (χ4v) is 1.77. The SMILES string of the molecule is C#CCCN=C(N)NCCc1cccs1. The molecule has 3 nitrogen and oxygen atoms in total. The quantitative estimate of drug-likeness (QED) is 0.340. The number of hydrogen-bond donors (Lipinski definition) is 2. The number of nitrogens with zero attached hydrogens (tertiary/aromatic N) is 1. The zero-order valence-electron chi connectivity index (χ0n) is 8.57. The van der Waals surface area contributed by atoms with Crippen molar-refractivity contribution in [3.63, 3.8) is 0 Å². The zero-order valence-corrected chi connectivity index (χ0v) is 9.39. The molecule has 4 heteroatoms. The van der Waals surface area contributed by atoms with Crippen LogP contribution in [0.3, 0.4) is 0 Å². The minimum absolute atomic E-state index is 0.474. The Morgan fingerprint density at radius 1 is 1.67 bits per heavy atom. The van der Waals surface area contributed by atoms with Crippen molar-refractivity contribution in [1.29, 1.82) is 0 Å². The standard InChI is InChI=1S/C11H15N3S/c1-2-3-7-13-11(12)14-8-6-10-5-4-9-15-10/h1,4-5,9H,3,6-8H2,(H3,12,13,14). The first-order valence-corrected chi connectivity index (χ1v) is 5.70. The lowest BCUT2D eigenvalue weighted by molar-refractivity contribution is 0.857. The van der Waals surface area contributed by atoms with Crippen LogP contribution in [-0.2, 0) is 6.42 Å². The van der Waals surface area contributed by atoms with Crippen LogP contribution < -0.4 is 11.1 Å². The molecule has 80 valence electrons. The molecule has 0 fully saturated rings. The molecule has 1 aromatic heterocycles. The third-order valence-electron chi connectivity index (χ3n) is 1.80. The summed E-state index contributed by atoms with van der Waals surface area (Å²) in [4.78, 5) is 5.42. The van der Waals surface area contributed by atoms with Crippen LogP contribution in [0, 0.1) is 12.3 Å². The third kappa shape index (κ3) is 5.08. The highest BCUT2D eigenvalue weighted by Gasteiger charge is 1.94. The first-order valence-electron chi connectivity index (χ1n) is 4.82. The van der Waals surface area contributed by atoms with Crippen LogP contribution in [0.15, 0.2) is 22.5 Å². The fraction of sp³-hybridized carbons (Fsp3) is 0.364. The number of guanidine groups is 1. The Hall–Kier alpha value is -1.47. The maximum absolute atomic E-state index is 5.63. The molecule has 1 rings (SSSR count). The highest BCUT2D eigenvalue weighted by Crippen LogP contribution is 2.07. The first kappa shape index (κ1) is 11.6. The van der Waals surface area contributed by atoms with E-state index < -0.39 is 0 Å². The highest BCUT2D eigenvalue weighted by molar-refractivity contribution is 7.09. The van der Waals surface area contributed by atoms with Crippen molar-refractivity contribution >= 4 is 17.3 Å². The summed E-state index contributed by atoms with van der Waals surface area (Å²) < 4.78 is 0. The van der Waals surface area contributed by atoms with Gasteiger partial charge in [-0.3, -0.25) is 4.99 Å². The fourth-order valence-electron chi connectivity index (χ4n) is 1.07. The Bertz CT molecular complexity index is 335. The molecule has 1 aromatic rings. The summed E-state index contributed by atoms with van der Waals surface area (Å²) in [7, 11) is 0. The van der Waals surface area contributed by atoms with Crippen LogP contribution in [0.2, 0.25) is 0 Å². The molecule has 0 saturated carbocycles. The van der Waals surface area contributed by atoms with E-state index >= 15 is 0 Å². The number of hydrogen-bond acceptors (Lipinski definition) is 2. The molecule has 0 aliphatic carbocycles. The highest BCUT2D eigenvalue weighted by atomic mass is 32.1. The third-order valence-corrected chi connectivity index (χ3v) is 2.73. The lowest BCUT2D eigenvalue weighted by atomic mass is 10.3. The van der Waals surface area contributed by atoms with Crippen LogP contribution in [0.25, 0.3) is 0 Å². The number of nitrogens with one attached hydrogen (secondary N) is 1. The summed E-state index contributed by atoms with van der Waals surface area (Å²) in [6.45, 7) is 1.40. The van der Waals surface area contributed by atoms with Gasteiger partial charge in [-0.05, 0) is 17.9 Å². The predicted molar refractivity (Wildman–Crippen MR) is 66.0 cm³/mol. The average Bonchev–Trinajstić information content (AvgIpc) is 2.71. The van der Waals surface area contributed by atoms with Crippen LogP contribution >= 0.6 is 11.3 Å². The minimum Gasteiger partial charge on any atom is -0.370 e. The zero-order chi connectivity index (χ0) is 10.9. The van der Waals surface area contributed by atoms with Crippen molar-refractivity contribution in [3.05, 3.63) is 22.4 Å². The van der Waals surface area contributed by atoms with Crippen molar-refractivity contribution in [2.24, 2.45) is 10.7 Å². The topological polar surface area (TPSA) is 50.4 Å². The van der Waals surface area contributed by atoms with Gasteiger partial charge in [0.15, 0.2) is 5.96 Å². The lowest BCUT2D eigenvalue weighted by Crippen LogP contribution is -2.33. The summed E-state index contributed by atoms with van der Waals surface area (Å²) in [6.07, 6.45) is 6.71. The van der Waals surface area contributed by atoms with Gasteiger partial charge in [-0.1, -0.05) is 6.07 Å². The van der Waals surface area contributed by atoms with E-state index in [9.17, 15) is 0 Å². The number of thiophene rings is 1. The molecule has 0 aliphatic heterocycles. The maximum atomic E-state index is 5.63. The van der Waals surface area contributed by atoms with Crippen molar-refractivity contribution in [2.45, 2.75) is 12.8 Å². The molecule has 15 heavy (non-hydrogen) atoms. The first-order chi connectivity index (χ1) is 7.33. The van der Waals surface area contributed by atoms with E-state index in [1.807, 2.05) is 6.07 Å². The van der Waals surface area contributed by atoms with Gasteiger partial charge < -0.3 is 11.1 Å². The predicted octanol–water partition coefficient (Wildman–Crippen LogP) is 1.22. The molecule has 0 bridgehead atoms. The molecule has 0 unspecified atom stereocenters. The van der Waals surface area contributed by atoms with Gasteiger partial charge in [-0.15, -0.1) is 23.7 Å². The molecule has 0 aliphatic rings. The van der Waals surface area contributed by atoms with Crippen molar-refractivity contribution in [3.8, 4) is 12.3 Å². The summed E-state index contributed by atoms with van der Waals surface area (Å²) in [5, 5.41) is 5.11. The summed E-state index contributed by atoms with van der Waals surface area (Å²) >= 11 is 1.75. The van der Waals surface area contributed by atoms with Crippen LogP contribution in [-0.4, -0.2) is 19.0 Å². The monoisotopic (exact) mass is 221 g/mol. The molecule has 0 atom stereocenters. The molecule has 0 radical (unpaired) electrons. The van der Waals surface area contributed by atoms with E-state index in [0.29, 0.717) is 18.9 Å². The van der Waals surface area contributed by atoms with Gasteiger partial charge in [0.05, 0.1) is 6.54 Å². The van der Waals surface area contributed by atoms with Gasteiger partial charge in [0.1, 0.15) is 0 Å². The molecule has 0 spiro atoms. The average molecular weight is 221 g/mol. The molecular weight excluding hydrogens is 206 g/mol. The Kier molecular flexibility index (Phi) is 5.34.